The minimum Gasteiger partial charge on any atom is -0.493 e. The summed E-state index contributed by atoms with van der Waals surface area (Å²) in [6.07, 6.45) is 0. The van der Waals surface area contributed by atoms with Gasteiger partial charge in [-0.3, -0.25) is 0 Å². The smallest absolute Gasteiger partial charge is 0.222 e. The van der Waals surface area contributed by atoms with Gasteiger partial charge in [0.25, 0.3) is 0 Å². The number of nitrogens with one attached hydrogen (secondary N) is 1. The number of benzene rings is 2. The lowest BCUT2D eigenvalue weighted by Gasteiger charge is -2.16. The number of hydrogen-bond donors (Lipinski definition) is 3. The monoisotopic (exact) mass is 373 g/mol. The molecular weight excluding hydrogens is 346 g/mol. The maximum absolute atomic E-state index is 8.43. The summed E-state index contributed by atoms with van der Waals surface area (Å²) in [6.45, 7) is 1.78. The van der Waals surface area contributed by atoms with Gasteiger partial charge in [0.1, 0.15) is 5.82 Å². The highest BCUT2D eigenvalue weighted by Crippen LogP contribution is 2.40. The molecule has 0 atom stereocenters. The van der Waals surface area contributed by atoms with Crippen molar-refractivity contribution >= 4 is 28.4 Å². The fourth-order valence-electron chi connectivity index (χ4n) is 2.73. The van der Waals surface area contributed by atoms with Gasteiger partial charge in [-0.25, -0.2) is 4.98 Å². The summed E-state index contributed by atoms with van der Waals surface area (Å²) in [4.78, 5) is 8.02. The van der Waals surface area contributed by atoms with E-state index in [1.54, 1.807) is 6.92 Å². The fraction of sp³-hybridized carbons (Fsp3) is 0.263. The zero-order valence-corrected chi connectivity index (χ0v) is 15.5. The first-order chi connectivity index (χ1) is 14.7. The second-order valence-electron chi connectivity index (χ2n) is 5.62. The number of anilines is 3. The van der Waals surface area contributed by atoms with Gasteiger partial charge in [0, 0.05) is 29.7 Å². The highest BCUT2D eigenvalue weighted by atomic mass is 16.5. The number of ether oxygens (including phenoxy) is 3. The summed E-state index contributed by atoms with van der Waals surface area (Å²) < 4.78 is 49.4. The zero-order chi connectivity index (χ0) is 23.0. The fourth-order valence-corrected chi connectivity index (χ4v) is 2.73. The zero-order valence-electron chi connectivity index (χ0n) is 19.5. The Hall–Kier alpha value is -3.42. The number of aryl methyl sites for hydroxylation is 1. The molecule has 1 aromatic heterocycles. The van der Waals surface area contributed by atoms with Gasteiger partial charge in [0.2, 0.25) is 11.7 Å². The Morgan fingerprint density at radius 2 is 1.70 bits per heavy atom. The molecule has 0 fully saturated rings. The normalized spacial score (nSPS) is 12.7. The number of nitrogen functional groups attached to an aromatic ring is 2. The van der Waals surface area contributed by atoms with Crippen molar-refractivity contribution in [1.29, 1.82) is 0 Å². The Bertz CT molecular complexity index is 1160. The number of aromatic nitrogens is 2. The van der Waals surface area contributed by atoms with Crippen LogP contribution in [0.15, 0.2) is 24.2 Å². The van der Waals surface area contributed by atoms with Crippen LogP contribution in [0.4, 0.5) is 17.5 Å². The molecule has 1 heterocycles. The summed E-state index contributed by atoms with van der Waals surface area (Å²) in [5.74, 6) is 0.398. The number of hydrogen-bond acceptors (Lipinski definition) is 8. The first kappa shape index (κ1) is 13.7. The molecule has 3 rings (SSSR count). The van der Waals surface area contributed by atoms with Gasteiger partial charge >= 0.3 is 0 Å². The van der Waals surface area contributed by atoms with E-state index in [1.807, 2.05) is 0 Å². The summed E-state index contributed by atoms with van der Waals surface area (Å²) in [7, 11) is 4.17. The third-order valence-corrected chi connectivity index (χ3v) is 4.06. The van der Waals surface area contributed by atoms with Crippen LogP contribution in [0, 0.1) is 6.92 Å². The SMILES string of the molecule is [2H]c1c(NCc2c([2H])c([2H])c3nc(N)nc(N)c3c2C)c([2H])c(OC)c(OC)c1OC. The molecule has 0 saturated heterocycles. The van der Waals surface area contributed by atoms with Crippen LogP contribution in [-0.2, 0) is 6.54 Å². The molecule has 0 radical (unpaired) electrons. The molecule has 8 nitrogen and oxygen atoms in total. The van der Waals surface area contributed by atoms with E-state index in [0.717, 1.165) is 0 Å². The van der Waals surface area contributed by atoms with Crippen LogP contribution in [0.5, 0.6) is 17.2 Å². The summed E-state index contributed by atoms with van der Waals surface area (Å²) >= 11 is 0. The number of fused-ring (bicyclic) bond motifs is 1. The van der Waals surface area contributed by atoms with Gasteiger partial charge < -0.3 is 31.0 Å². The van der Waals surface area contributed by atoms with Crippen molar-refractivity contribution in [2.45, 2.75) is 13.5 Å². The number of nitrogens with zero attached hydrogens (tertiary/aromatic N) is 2. The average Bonchev–Trinajstić information content (AvgIpc) is 2.73. The number of nitrogens with two attached hydrogens (primary N) is 2. The second-order valence-corrected chi connectivity index (χ2v) is 5.62. The van der Waals surface area contributed by atoms with Gasteiger partial charge in [-0.05, 0) is 24.1 Å². The quantitative estimate of drug-likeness (QED) is 0.604. The third-order valence-electron chi connectivity index (χ3n) is 4.06. The second kappa shape index (κ2) is 7.45. The van der Waals surface area contributed by atoms with E-state index in [9.17, 15) is 0 Å². The molecule has 3 aromatic rings. The first-order valence-corrected chi connectivity index (χ1v) is 8.02. The van der Waals surface area contributed by atoms with Gasteiger partial charge in [0.15, 0.2) is 11.5 Å². The lowest BCUT2D eigenvalue weighted by atomic mass is 10.0. The van der Waals surface area contributed by atoms with Crippen LogP contribution in [0.3, 0.4) is 0 Å². The Labute approximate surface area is 163 Å². The lowest BCUT2D eigenvalue weighted by molar-refractivity contribution is 0.324. The van der Waals surface area contributed by atoms with Crippen LogP contribution in [0.1, 0.15) is 16.6 Å². The topological polar surface area (TPSA) is 118 Å². The van der Waals surface area contributed by atoms with Gasteiger partial charge in [0.05, 0.1) is 32.3 Å². The van der Waals surface area contributed by atoms with E-state index >= 15 is 0 Å². The van der Waals surface area contributed by atoms with Gasteiger partial charge in [-0.15, -0.1) is 0 Å². The molecule has 0 aliphatic rings. The van der Waals surface area contributed by atoms with Gasteiger partial charge in [-0.1, -0.05) is 6.04 Å². The molecular formula is C19H23N5O3. The van der Waals surface area contributed by atoms with Crippen LogP contribution in [0.2, 0.25) is 0 Å². The lowest BCUT2D eigenvalue weighted by Crippen LogP contribution is -2.06. The molecule has 5 N–H and O–H groups in total. The van der Waals surface area contributed by atoms with E-state index < -0.39 is 0 Å². The highest BCUT2D eigenvalue weighted by molar-refractivity contribution is 5.92. The van der Waals surface area contributed by atoms with Crippen molar-refractivity contribution in [1.82, 2.24) is 9.97 Å². The Morgan fingerprint density at radius 1 is 1.04 bits per heavy atom. The van der Waals surface area contributed by atoms with Crippen LogP contribution < -0.4 is 31.0 Å². The Morgan fingerprint density at radius 3 is 2.30 bits per heavy atom. The predicted octanol–water partition coefficient (Wildman–Crippen LogP) is 2.74. The van der Waals surface area contributed by atoms with E-state index in [0.29, 0.717) is 16.5 Å². The van der Waals surface area contributed by atoms with E-state index in [-0.39, 0.29) is 70.9 Å². The molecule has 0 bridgehead atoms. The molecule has 0 saturated carbocycles. The van der Waals surface area contributed by atoms with Crippen LogP contribution in [0.25, 0.3) is 10.9 Å². The molecule has 2 aromatic carbocycles. The largest absolute Gasteiger partial charge is 0.493 e. The maximum atomic E-state index is 8.43. The predicted molar refractivity (Wildman–Crippen MR) is 107 cm³/mol. The Kier molecular flexibility index (Phi) is 3.79. The van der Waals surface area contributed by atoms with E-state index in [2.05, 4.69) is 15.3 Å². The Balaban J connectivity index is 2.14. The molecule has 0 aliphatic heterocycles. The van der Waals surface area contributed by atoms with Crippen molar-refractivity contribution in [2.75, 3.05) is 38.1 Å². The molecule has 27 heavy (non-hydrogen) atoms. The van der Waals surface area contributed by atoms with Gasteiger partial charge in [-0.2, -0.15) is 4.98 Å². The van der Waals surface area contributed by atoms with Crippen molar-refractivity contribution in [3.63, 3.8) is 0 Å². The van der Waals surface area contributed by atoms with Crippen molar-refractivity contribution in [3.05, 3.63) is 35.3 Å². The van der Waals surface area contributed by atoms with Crippen molar-refractivity contribution in [2.24, 2.45) is 0 Å². The molecule has 0 unspecified atom stereocenters. The third kappa shape index (κ3) is 3.46. The summed E-state index contributed by atoms with van der Waals surface area (Å²) in [5.41, 5.74) is 13.0. The highest BCUT2D eigenvalue weighted by Gasteiger charge is 2.14. The summed E-state index contributed by atoms with van der Waals surface area (Å²) in [5, 5.41) is 3.44. The number of methoxy groups -OCH3 is 3. The standard InChI is InChI=1S/C19H23N5O3/c1-10-11(5-6-13-16(10)18(20)24-19(21)23-13)9-22-12-7-14(25-2)17(27-4)15(8-12)26-3/h5-8,22H,9H2,1-4H3,(H4,20,21,23,24)/i5D,6D,7D,8D. The average molecular weight is 373 g/mol. The maximum Gasteiger partial charge on any atom is 0.222 e. The molecule has 8 heteroatoms. The summed E-state index contributed by atoms with van der Waals surface area (Å²) in [6, 6.07) is -0.408. The van der Waals surface area contributed by atoms with Crippen LogP contribution >= 0.6 is 0 Å². The molecule has 0 spiro atoms. The minimum atomic E-state index is -0.139. The van der Waals surface area contributed by atoms with Crippen LogP contribution in [-0.4, -0.2) is 31.3 Å². The van der Waals surface area contributed by atoms with E-state index in [1.165, 1.54) is 21.3 Å². The first-order valence-electron chi connectivity index (χ1n) is 10.0. The van der Waals surface area contributed by atoms with Crippen molar-refractivity contribution < 1.29 is 19.7 Å². The molecule has 142 valence electrons. The van der Waals surface area contributed by atoms with E-state index in [4.69, 9.17) is 31.2 Å². The molecule has 0 aliphatic carbocycles. The molecule has 0 amide bonds. The number of rotatable bonds is 6. The van der Waals surface area contributed by atoms with Crippen molar-refractivity contribution in [3.8, 4) is 17.2 Å². The minimum absolute atomic E-state index is 0.0344.